The zero-order valence-corrected chi connectivity index (χ0v) is 14.2. The van der Waals surface area contributed by atoms with Crippen molar-refractivity contribution in [2.45, 2.75) is 23.6 Å². The largest absolute Gasteiger partial charge is 0.381 e. The van der Waals surface area contributed by atoms with Crippen molar-refractivity contribution in [3.05, 3.63) is 28.8 Å². The minimum atomic E-state index is -3.52. The zero-order valence-electron chi connectivity index (χ0n) is 11.9. The lowest BCUT2D eigenvalue weighted by Crippen LogP contribution is -2.34. The first-order valence-corrected chi connectivity index (χ1v) is 9.19. The Morgan fingerprint density at radius 3 is 2.57 bits per heavy atom. The van der Waals surface area contributed by atoms with Crippen LogP contribution in [0.2, 0.25) is 5.02 Å². The number of hydrogen-bond donors (Lipinski definition) is 0. The molecular weight excluding hydrogens is 333 g/mol. The molecule has 0 unspecified atom stereocenters. The molecule has 0 N–H and O–H groups in total. The predicted molar refractivity (Wildman–Crippen MR) is 84.4 cm³/mol. The second-order valence-corrected chi connectivity index (χ2v) is 7.95. The molecule has 0 spiro atoms. The predicted octanol–water partition coefficient (Wildman–Crippen LogP) is 3.13. The maximum absolute atomic E-state index is 12.6. The molecule has 0 saturated carbocycles. The van der Waals surface area contributed by atoms with Crippen LogP contribution in [-0.4, -0.2) is 39.5 Å². The van der Waals surface area contributed by atoms with Crippen molar-refractivity contribution >= 4 is 33.2 Å². The van der Waals surface area contributed by atoms with Crippen LogP contribution in [0, 0.1) is 5.92 Å². The molecule has 4 nitrogen and oxygen atoms in total. The van der Waals surface area contributed by atoms with Crippen molar-refractivity contribution in [1.82, 2.24) is 4.31 Å². The molecule has 2 rings (SSSR count). The minimum Gasteiger partial charge on any atom is -0.381 e. The van der Waals surface area contributed by atoms with Gasteiger partial charge in [0, 0.05) is 37.7 Å². The molecule has 21 heavy (non-hydrogen) atoms. The van der Waals surface area contributed by atoms with E-state index in [0.717, 1.165) is 18.4 Å². The van der Waals surface area contributed by atoms with Gasteiger partial charge in [0.1, 0.15) is 0 Å². The molecule has 0 radical (unpaired) electrons. The smallest absolute Gasteiger partial charge is 0.242 e. The summed E-state index contributed by atoms with van der Waals surface area (Å²) in [7, 11) is -1.92. The molecule has 0 bridgehead atoms. The van der Waals surface area contributed by atoms with Gasteiger partial charge in [-0.25, -0.2) is 12.7 Å². The van der Waals surface area contributed by atoms with Crippen LogP contribution in [-0.2, 0) is 20.6 Å². The Labute approximate surface area is 136 Å². The highest BCUT2D eigenvalue weighted by Crippen LogP contribution is 2.25. The molecule has 0 atom stereocenters. The molecule has 1 saturated heterocycles. The lowest BCUT2D eigenvalue weighted by Gasteiger charge is -2.26. The van der Waals surface area contributed by atoms with E-state index in [4.69, 9.17) is 27.9 Å². The van der Waals surface area contributed by atoms with Crippen molar-refractivity contribution in [3.8, 4) is 0 Å². The molecule has 1 fully saturated rings. The SMILES string of the molecule is CN(CC1CCOCC1)S(=O)(=O)c1ccc(CCl)c(Cl)c1. The highest BCUT2D eigenvalue weighted by molar-refractivity contribution is 7.89. The molecular formula is C14H19Cl2NO3S. The van der Waals surface area contributed by atoms with Crippen LogP contribution in [0.3, 0.4) is 0 Å². The number of hydrogen-bond acceptors (Lipinski definition) is 3. The van der Waals surface area contributed by atoms with Gasteiger partial charge in [0.15, 0.2) is 0 Å². The van der Waals surface area contributed by atoms with E-state index < -0.39 is 10.0 Å². The van der Waals surface area contributed by atoms with E-state index in [2.05, 4.69) is 0 Å². The number of halogens is 2. The average Bonchev–Trinajstić information content (AvgIpc) is 2.48. The second kappa shape index (κ2) is 7.29. The van der Waals surface area contributed by atoms with Crippen LogP contribution in [0.1, 0.15) is 18.4 Å². The maximum Gasteiger partial charge on any atom is 0.242 e. The van der Waals surface area contributed by atoms with Gasteiger partial charge in [-0.05, 0) is 36.5 Å². The number of ether oxygens (including phenoxy) is 1. The number of sulfonamides is 1. The molecule has 1 aromatic carbocycles. The van der Waals surface area contributed by atoms with Crippen LogP contribution in [0.4, 0.5) is 0 Å². The molecule has 1 aliphatic heterocycles. The fourth-order valence-corrected chi connectivity index (χ4v) is 4.25. The molecule has 1 aromatic rings. The highest BCUT2D eigenvalue weighted by Gasteiger charge is 2.25. The van der Waals surface area contributed by atoms with Crippen LogP contribution in [0.25, 0.3) is 0 Å². The summed E-state index contributed by atoms with van der Waals surface area (Å²) >= 11 is 11.8. The van der Waals surface area contributed by atoms with Crippen molar-refractivity contribution in [3.63, 3.8) is 0 Å². The average molecular weight is 352 g/mol. The second-order valence-electron chi connectivity index (χ2n) is 5.23. The van der Waals surface area contributed by atoms with Crippen molar-refractivity contribution in [2.24, 2.45) is 5.92 Å². The van der Waals surface area contributed by atoms with E-state index in [1.807, 2.05) is 0 Å². The molecule has 7 heteroatoms. The fraction of sp³-hybridized carbons (Fsp3) is 0.571. The quantitative estimate of drug-likeness (QED) is 0.765. The van der Waals surface area contributed by atoms with Gasteiger partial charge < -0.3 is 4.74 Å². The Balaban J connectivity index is 2.14. The Morgan fingerprint density at radius 1 is 1.33 bits per heavy atom. The topological polar surface area (TPSA) is 46.6 Å². The summed E-state index contributed by atoms with van der Waals surface area (Å²) in [6.07, 6.45) is 1.79. The van der Waals surface area contributed by atoms with E-state index in [0.29, 0.717) is 30.7 Å². The summed E-state index contributed by atoms with van der Waals surface area (Å²) in [4.78, 5) is 0.205. The van der Waals surface area contributed by atoms with Crippen LogP contribution in [0.15, 0.2) is 23.1 Å². The van der Waals surface area contributed by atoms with E-state index >= 15 is 0 Å². The van der Waals surface area contributed by atoms with Gasteiger partial charge in [0.2, 0.25) is 10.0 Å². The van der Waals surface area contributed by atoms with Crippen molar-refractivity contribution < 1.29 is 13.2 Å². The highest BCUT2D eigenvalue weighted by atomic mass is 35.5. The third-order valence-corrected chi connectivity index (χ3v) is 6.19. The van der Waals surface area contributed by atoms with Crippen LogP contribution in [0.5, 0.6) is 0 Å². The van der Waals surface area contributed by atoms with Crippen molar-refractivity contribution in [1.29, 1.82) is 0 Å². The standard InChI is InChI=1S/C14H19Cl2NO3S/c1-17(10-11-4-6-20-7-5-11)21(18,19)13-3-2-12(9-15)14(16)8-13/h2-3,8,11H,4-7,9-10H2,1H3. The number of benzene rings is 1. The molecule has 1 aliphatic rings. The van der Waals surface area contributed by atoms with E-state index in [9.17, 15) is 8.42 Å². The Morgan fingerprint density at radius 2 is 2.00 bits per heavy atom. The summed E-state index contributed by atoms with van der Waals surface area (Å²) < 4.78 is 31.8. The van der Waals surface area contributed by atoms with Gasteiger partial charge in [-0.1, -0.05) is 17.7 Å². The molecule has 0 amide bonds. The van der Waals surface area contributed by atoms with Gasteiger partial charge in [-0.2, -0.15) is 0 Å². The summed E-state index contributed by atoms with van der Waals surface area (Å²) in [5, 5.41) is 0.380. The lowest BCUT2D eigenvalue weighted by molar-refractivity contribution is 0.0620. The third-order valence-electron chi connectivity index (χ3n) is 3.73. The van der Waals surface area contributed by atoms with E-state index in [-0.39, 0.29) is 10.8 Å². The molecule has 0 aliphatic carbocycles. The van der Waals surface area contributed by atoms with Gasteiger partial charge in [0.25, 0.3) is 0 Å². The van der Waals surface area contributed by atoms with Crippen LogP contribution < -0.4 is 0 Å². The monoisotopic (exact) mass is 351 g/mol. The first-order valence-electron chi connectivity index (χ1n) is 6.83. The molecule has 0 aromatic heterocycles. The Hall–Kier alpha value is -0.330. The Bertz CT molecular complexity index is 586. The summed E-state index contributed by atoms with van der Waals surface area (Å²) in [5.74, 6) is 0.605. The normalized spacial score (nSPS) is 17.3. The van der Waals surface area contributed by atoms with Gasteiger partial charge in [-0.3, -0.25) is 0 Å². The number of rotatable bonds is 5. The van der Waals surface area contributed by atoms with Gasteiger partial charge in [-0.15, -0.1) is 11.6 Å². The number of alkyl halides is 1. The third kappa shape index (κ3) is 4.11. The lowest BCUT2D eigenvalue weighted by atomic mass is 10.0. The van der Waals surface area contributed by atoms with E-state index in [1.165, 1.54) is 10.4 Å². The van der Waals surface area contributed by atoms with Gasteiger partial charge >= 0.3 is 0 Å². The first kappa shape index (κ1) is 17.0. The Kier molecular flexibility index (Phi) is 5.91. The van der Waals surface area contributed by atoms with Crippen molar-refractivity contribution in [2.75, 3.05) is 26.8 Å². The zero-order chi connectivity index (χ0) is 15.5. The fourth-order valence-electron chi connectivity index (χ4n) is 2.37. The maximum atomic E-state index is 12.6. The first-order chi connectivity index (χ1) is 9.95. The number of nitrogens with zero attached hydrogens (tertiary/aromatic N) is 1. The van der Waals surface area contributed by atoms with Crippen LogP contribution >= 0.6 is 23.2 Å². The van der Waals surface area contributed by atoms with E-state index in [1.54, 1.807) is 19.2 Å². The molecule has 118 valence electrons. The summed E-state index contributed by atoms with van der Waals surface area (Å²) in [5.41, 5.74) is 0.726. The summed E-state index contributed by atoms with van der Waals surface area (Å²) in [6, 6.07) is 4.68. The minimum absolute atomic E-state index is 0.205. The van der Waals surface area contributed by atoms with Gasteiger partial charge in [0.05, 0.1) is 4.90 Å². The summed E-state index contributed by atoms with van der Waals surface area (Å²) in [6.45, 7) is 1.91. The molecule has 1 heterocycles.